The molecular weight excluding hydrogens is 1010 g/mol. The molecule has 0 radical (unpaired) electrons. The Hall–Kier alpha value is -10.9. The van der Waals surface area contributed by atoms with Crippen LogP contribution in [0.5, 0.6) is 0 Å². The minimum atomic E-state index is 1.19. The third-order valence-electron chi connectivity index (χ3n) is 18.5. The van der Waals surface area contributed by atoms with Crippen molar-refractivity contribution >= 4 is 64.6 Å². The van der Waals surface area contributed by atoms with Gasteiger partial charge in [0.25, 0.3) is 0 Å². The Morgan fingerprint density at radius 3 is 0.786 bits per heavy atom. The fourth-order valence-corrected chi connectivity index (χ4v) is 14.7. The summed E-state index contributed by atoms with van der Waals surface area (Å²) in [5.41, 5.74) is 27.6. The SMILES string of the molecule is c1ccc(-c2ccc3c(c2)c(-c2ccc(-c4ccc(-c5cc6c7ccc(-c8ccccc8)c8c7c(cc6c6ccc(-c7ccccc7)cc56)-c5ccccc5-8)cc4)cc2)cc2c4ccc(-c5ccccc5)c5c4c(cc32)-c2ccccc2-5)cc1. The second kappa shape index (κ2) is 18.3. The van der Waals surface area contributed by atoms with Crippen molar-refractivity contribution in [1.82, 2.24) is 0 Å². The average molecular weight is 1060 g/mol. The maximum absolute atomic E-state index is 2.49. The molecule has 0 saturated heterocycles. The van der Waals surface area contributed by atoms with Crippen LogP contribution in [0, 0.1) is 0 Å². The fraction of sp³-hybridized carbons (Fsp3) is 0. The summed E-state index contributed by atoms with van der Waals surface area (Å²) < 4.78 is 0. The van der Waals surface area contributed by atoms with Gasteiger partial charge in [-0.1, -0.05) is 267 Å². The molecule has 2 aliphatic rings. The summed E-state index contributed by atoms with van der Waals surface area (Å²) in [5.74, 6) is 0. The van der Waals surface area contributed by atoms with Gasteiger partial charge in [0, 0.05) is 0 Å². The Balaban J connectivity index is 0.786. The molecule has 84 heavy (non-hydrogen) atoms. The summed E-state index contributed by atoms with van der Waals surface area (Å²) in [6.45, 7) is 0. The summed E-state index contributed by atoms with van der Waals surface area (Å²) >= 11 is 0. The van der Waals surface area contributed by atoms with Crippen molar-refractivity contribution in [3.8, 4) is 122 Å². The van der Waals surface area contributed by atoms with E-state index in [-0.39, 0.29) is 0 Å². The van der Waals surface area contributed by atoms with Gasteiger partial charge < -0.3 is 0 Å². The normalized spacial score (nSPS) is 12.0. The molecule has 386 valence electrons. The first-order valence-corrected chi connectivity index (χ1v) is 29.3. The average Bonchev–Trinajstić information content (AvgIpc) is 3.29. The lowest BCUT2D eigenvalue weighted by Crippen LogP contribution is -1.90. The minimum Gasteiger partial charge on any atom is -0.0622 e. The Morgan fingerprint density at radius 2 is 0.393 bits per heavy atom. The van der Waals surface area contributed by atoms with E-state index in [0.717, 1.165) is 0 Å². The largest absolute Gasteiger partial charge is 0.0622 e. The lowest BCUT2D eigenvalue weighted by Gasteiger charge is -2.17. The van der Waals surface area contributed by atoms with Gasteiger partial charge in [-0.15, -0.1) is 0 Å². The lowest BCUT2D eigenvalue weighted by molar-refractivity contribution is 1.60. The van der Waals surface area contributed by atoms with Crippen LogP contribution in [-0.2, 0) is 0 Å². The van der Waals surface area contributed by atoms with Crippen molar-refractivity contribution in [2.45, 2.75) is 0 Å². The molecule has 0 bridgehead atoms. The van der Waals surface area contributed by atoms with Crippen molar-refractivity contribution < 1.29 is 0 Å². The molecule has 0 nitrogen and oxygen atoms in total. The molecule has 0 amide bonds. The van der Waals surface area contributed by atoms with Gasteiger partial charge in [0.05, 0.1) is 0 Å². The van der Waals surface area contributed by atoms with Gasteiger partial charge in [0.15, 0.2) is 0 Å². The molecule has 0 saturated carbocycles. The van der Waals surface area contributed by atoms with Gasteiger partial charge in [0.1, 0.15) is 0 Å². The lowest BCUT2D eigenvalue weighted by atomic mass is 9.86. The van der Waals surface area contributed by atoms with Gasteiger partial charge in [-0.25, -0.2) is 0 Å². The third kappa shape index (κ3) is 7.01. The third-order valence-corrected chi connectivity index (χ3v) is 18.5. The highest BCUT2D eigenvalue weighted by Gasteiger charge is 2.29. The maximum Gasteiger partial charge on any atom is -0.00137 e. The number of hydrogen-bond donors (Lipinski definition) is 0. The fourth-order valence-electron chi connectivity index (χ4n) is 14.7. The molecule has 0 aliphatic heterocycles. The highest BCUT2D eigenvalue weighted by atomic mass is 14.3. The van der Waals surface area contributed by atoms with Crippen LogP contribution in [0.15, 0.2) is 303 Å². The van der Waals surface area contributed by atoms with Crippen LogP contribution in [0.2, 0.25) is 0 Å². The van der Waals surface area contributed by atoms with Crippen LogP contribution in [0.1, 0.15) is 0 Å². The number of benzene rings is 16. The summed E-state index contributed by atoms with van der Waals surface area (Å²) in [6.07, 6.45) is 0. The molecule has 0 fully saturated rings. The Bertz CT molecular complexity index is 5060. The summed E-state index contributed by atoms with van der Waals surface area (Å²) in [5, 5.41) is 15.4. The van der Waals surface area contributed by atoms with E-state index < -0.39 is 0 Å². The van der Waals surface area contributed by atoms with Gasteiger partial charge in [-0.2, -0.15) is 0 Å². The van der Waals surface area contributed by atoms with E-state index >= 15 is 0 Å². The molecule has 16 aromatic rings. The zero-order valence-electron chi connectivity index (χ0n) is 45.9. The smallest absolute Gasteiger partial charge is 0.00137 e. The molecule has 0 atom stereocenters. The molecular formula is C84H50. The number of hydrogen-bond acceptors (Lipinski definition) is 0. The predicted molar refractivity (Wildman–Crippen MR) is 358 cm³/mol. The molecule has 0 aromatic heterocycles. The van der Waals surface area contributed by atoms with E-state index in [4.69, 9.17) is 0 Å². The topological polar surface area (TPSA) is 0 Å². The van der Waals surface area contributed by atoms with Crippen molar-refractivity contribution in [2.75, 3.05) is 0 Å². The van der Waals surface area contributed by atoms with Crippen molar-refractivity contribution in [3.05, 3.63) is 303 Å². The summed E-state index contributed by atoms with van der Waals surface area (Å²) in [7, 11) is 0. The van der Waals surface area contributed by atoms with Gasteiger partial charge in [-0.3, -0.25) is 0 Å². The standard InChI is InChI=1S/C84H50/c1-5-17-51(18-6-1)59-37-39-65-73(45-59)71(47-77-69-43-41-61(55-21-9-3-10-22-55)81-67-27-15-13-25-63(67)79(83(69)81)49-75(65)77)57-33-29-53(30-34-57)54-31-35-58(36-32-54)72-48-78-70-44-42-62(56-23-11-4-12-24-56)82-68-28-16-14-26-64(68)80(84(70)82)50-76(78)66-40-38-60(46-74(66)72)52-19-7-2-8-20-52/h1-50H. The highest BCUT2D eigenvalue weighted by molar-refractivity contribution is 6.32. The second-order valence-corrected chi connectivity index (χ2v) is 22.9. The summed E-state index contributed by atoms with van der Waals surface area (Å²) in [4.78, 5) is 0. The Labute approximate surface area is 487 Å². The zero-order chi connectivity index (χ0) is 55.0. The number of rotatable bonds is 7. The predicted octanol–water partition coefficient (Wildman–Crippen LogP) is 23.6. The van der Waals surface area contributed by atoms with E-state index in [1.54, 1.807) is 0 Å². The van der Waals surface area contributed by atoms with Gasteiger partial charge in [-0.05, 0) is 223 Å². The first-order chi connectivity index (χ1) is 41.7. The van der Waals surface area contributed by atoms with E-state index in [1.807, 2.05) is 0 Å². The Morgan fingerprint density at radius 1 is 0.119 bits per heavy atom. The van der Waals surface area contributed by atoms with Gasteiger partial charge in [0.2, 0.25) is 0 Å². The molecule has 0 heteroatoms. The second-order valence-electron chi connectivity index (χ2n) is 22.9. The minimum absolute atomic E-state index is 1.19. The maximum atomic E-state index is 2.49. The van der Waals surface area contributed by atoms with Crippen molar-refractivity contribution in [1.29, 1.82) is 0 Å². The van der Waals surface area contributed by atoms with Crippen LogP contribution in [0.4, 0.5) is 0 Å². The molecule has 0 unspecified atom stereocenters. The van der Waals surface area contributed by atoms with E-state index in [0.29, 0.717) is 0 Å². The first-order valence-electron chi connectivity index (χ1n) is 29.3. The molecule has 0 N–H and O–H groups in total. The van der Waals surface area contributed by atoms with Crippen molar-refractivity contribution in [2.24, 2.45) is 0 Å². The molecule has 18 rings (SSSR count). The van der Waals surface area contributed by atoms with E-state index in [1.165, 1.54) is 187 Å². The number of fused-ring (bicyclic) bond motifs is 14. The monoisotopic (exact) mass is 1060 g/mol. The molecule has 2 aliphatic carbocycles. The van der Waals surface area contributed by atoms with Crippen molar-refractivity contribution in [3.63, 3.8) is 0 Å². The van der Waals surface area contributed by atoms with Crippen LogP contribution in [0.25, 0.3) is 187 Å². The molecule has 16 aromatic carbocycles. The van der Waals surface area contributed by atoms with E-state index in [2.05, 4.69) is 303 Å². The molecule has 0 spiro atoms. The van der Waals surface area contributed by atoms with Crippen LogP contribution >= 0.6 is 0 Å². The van der Waals surface area contributed by atoms with Crippen LogP contribution in [-0.4, -0.2) is 0 Å². The zero-order valence-corrected chi connectivity index (χ0v) is 45.9. The van der Waals surface area contributed by atoms with Crippen LogP contribution < -0.4 is 0 Å². The Kier molecular flexibility index (Phi) is 10.2. The van der Waals surface area contributed by atoms with Gasteiger partial charge >= 0.3 is 0 Å². The van der Waals surface area contributed by atoms with E-state index in [9.17, 15) is 0 Å². The highest BCUT2D eigenvalue weighted by Crippen LogP contribution is 2.56. The summed E-state index contributed by atoms with van der Waals surface area (Å²) in [6, 6.07) is 114. The molecule has 0 heterocycles. The quantitative estimate of drug-likeness (QED) is 0.140. The van der Waals surface area contributed by atoms with Crippen LogP contribution in [0.3, 0.4) is 0 Å². The first kappa shape index (κ1) is 46.8.